The van der Waals surface area contributed by atoms with Gasteiger partial charge in [-0.3, -0.25) is 14.4 Å². The molecule has 0 saturated heterocycles. The maximum absolute atomic E-state index is 12.7. The van der Waals surface area contributed by atoms with Crippen LogP contribution in [-0.2, 0) is 28.6 Å². The summed E-state index contributed by atoms with van der Waals surface area (Å²) in [6.07, 6.45) is 61.2. The zero-order valence-corrected chi connectivity index (χ0v) is 38.0. The highest BCUT2D eigenvalue weighted by Crippen LogP contribution is 2.13. The molecule has 0 aromatic rings. The van der Waals surface area contributed by atoms with E-state index in [0.29, 0.717) is 19.3 Å². The standard InChI is InChI=1S/C53H86O6/c1-4-7-10-13-16-19-22-24-25-26-27-28-29-30-32-34-37-40-43-46-52(55)58-49-50(48-57-51(54)45-42-39-36-33-21-18-15-12-9-6-3)59-53(56)47-44-41-38-35-31-23-20-17-14-11-8-5-2/h7-8,10-11,16-17,19-20,24-25,27-28,30,32,37,40,50H,4-6,9,12-15,18,21-23,26,29,31,33-36,38-39,41-49H2,1-3H3/b10-7-,11-8-,19-16-,20-17-,25-24-,28-27-,32-30-,40-37-. The van der Waals surface area contributed by atoms with Crippen molar-refractivity contribution in [2.45, 2.75) is 207 Å². The van der Waals surface area contributed by atoms with Gasteiger partial charge in [0.05, 0.1) is 0 Å². The molecule has 1 atom stereocenters. The van der Waals surface area contributed by atoms with E-state index >= 15 is 0 Å². The minimum absolute atomic E-state index is 0.107. The first-order chi connectivity index (χ1) is 29.0. The van der Waals surface area contributed by atoms with Gasteiger partial charge in [0, 0.05) is 19.3 Å². The molecule has 6 nitrogen and oxygen atoms in total. The van der Waals surface area contributed by atoms with Gasteiger partial charge in [0.2, 0.25) is 0 Å². The Labute approximate surface area is 362 Å². The Balaban J connectivity index is 4.50. The van der Waals surface area contributed by atoms with E-state index in [1.54, 1.807) is 0 Å². The van der Waals surface area contributed by atoms with Gasteiger partial charge in [0.25, 0.3) is 0 Å². The van der Waals surface area contributed by atoms with Gasteiger partial charge in [0.1, 0.15) is 13.2 Å². The molecule has 334 valence electrons. The molecule has 0 aliphatic rings. The van der Waals surface area contributed by atoms with Gasteiger partial charge in [0.15, 0.2) is 6.10 Å². The first-order valence-corrected chi connectivity index (χ1v) is 23.7. The Hall–Kier alpha value is -3.67. The van der Waals surface area contributed by atoms with E-state index < -0.39 is 6.10 Å². The number of carbonyl (C=O) groups excluding carboxylic acids is 3. The minimum atomic E-state index is -0.812. The fourth-order valence-electron chi connectivity index (χ4n) is 6.09. The van der Waals surface area contributed by atoms with Crippen LogP contribution in [0.25, 0.3) is 0 Å². The number of carbonyl (C=O) groups is 3. The Bertz CT molecular complexity index is 1220. The van der Waals surface area contributed by atoms with E-state index in [9.17, 15) is 14.4 Å². The first kappa shape index (κ1) is 55.3. The van der Waals surface area contributed by atoms with Crippen molar-refractivity contribution in [2.75, 3.05) is 13.2 Å². The molecule has 1 unspecified atom stereocenters. The number of esters is 3. The van der Waals surface area contributed by atoms with Crippen molar-refractivity contribution in [3.8, 4) is 0 Å². The van der Waals surface area contributed by atoms with E-state index in [-0.39, 0.29) is 37.5 Å². The second-order valence-corrected chi connectivity index (χ2v) is 15.3. The van der Waals surface area contributed by atoms with Crippen LogP contribution in [0, 0.1) is 0 Å². The predicted octanol–water partition coefficient (Wildman–Crippen LogP) is 15.4. The van der Waals surface area contributed by atoms with E-state index in [2.05, 4.69) is 106 Å². The maximum atomic E-state index is 12.7. The largest absolute Gasteiger partial charge is 0.462 e. The summed E-state index contributed by atoms with van der Waals surface area (Å²) < 4.78 is 16.6. The summed E-state index contributed by atoms with van der Waals surface area (Å²) in [4.78, 5) is 37.7. The molecule has 0 spiro atoms. The van der Waals surface area contributed by atoms with Gasteiger partial charge in [-0.2, -0.15) is 0 Å². The molecule has 6 heteroatoms. The van der Waals surface area contributed by atoms with Crippen LogP contribution < -0.4 is 0 Å². The van der Waals surface area contributed by atoms with E-state index in [1.165, 1.54) is 44.9 Å². The van der Waals surface area contributed by atoms with Crippen molar-refractivity contribution in [3.63, 3.8) is 0 Å². The lowest BCUT2D eigenvalue weighted by atomic mass is 10.1. The van der Waals surface area contributed by atoms with Gasteiger partial charge in [-0.15, -0.1) is 0 Å². The van der Waals surface area contributed by atoms with Crippen molar-refractivity contribution >= 4 is 17.9 Å². The summed E-state index contributed by atoms with van der Waals surface area (Å²) in [7, 11) is 0. The van der Waals surface area contributed by atoms with Gasteiger partial charge < -0.3 is 14.2 Å². The third kappa shape index (κ3) is 45.3. The predicted molar refractivity (Wildman–Crippen MR) is 251 cm³/mol. The molecular formula is C53H86O6. The topological polar surface area (TPSA) is 78.9 Å². The lowest BCUT2D eigenvalue weighted by Crippen LogP contribution is -2.30. The SMILES string of the molecule is CC/C=C\C/C=C\C/C=C\C/C=C\C/C=C\C/C=C\CCC(=O)OCC(COC(=O)CCCCCCCCCCCC)OC(=O)CCCCCCC/C=C\C/C=C\CC. The van der Waals surface area contributed by atoms with Crippen molar-refractivity contribution in [2.24, 2.45) is 0 Å². The molecule has 0 N–H and O–H groups in total. The van der Waals surface area contributed by atoms with Crippen LogP contribution in [0.15, 0.2) is 97.2 Å². The Morgan fingerprint density at radius 1 is 0.356 bits per heavy atom. The molecule has 0 bridgehead atoms. The summed E-state index contributed by atoms with van der Waals surface area (Å²) >= 11 is 0. The number of hydrogen-bond donors (Lipinski definition) is 0. The molecular weight excluding hydrogens is 733 g/mol. The van der Waals surface area contributed by atoms with Crippen LogP contribution in [0.1, 0.15) is 201 Å². The summed E-state index contributed by atoms with van der Waals surface area (Å²) in [5.74, 6) is -1.02. The van der Waals surface area contributed by atoms with Crippen LogP contribution in [0.4, 0.5) is 0 Å². The summed E-state index contributed by atoms with van der Waals surface area (Å²) in [6.45, 7) is 6.30. The number of allylic oxidation sites excluding steroid dienone is 16. The van der Waals surface area contributed by atoms with Gasteiger partial charge in [-0.05, 0) is 83.5 Å². The molecule has 0 aromatic heterocycles. The normalized spacial score (nSPS) is 12.9. The highest BCUT2D eigenvalue weighted by molar-refractivity contribution is 5.71. The highest BCUT2D eigenvalue weighted by atomic mass is 16.6. The van der Waals surface area contributed by atoms with Crippen LogP contribution in [0.3, 0.4) is 0 Å². The zero-order chi connectivity index (χ0) is 43.0. The second-order valence-electron chi connectivity index (χ2n) is 15.3. The summed E-state index contributed by atoms with van der Waals surface area (Å²) in [5, 5.41) is 0. The van der Waals surface area contributed by atoms with Gasteiger partial charge in [-0.1, -0.05) is 195 Å². The van der Waals surface area contributed by atoms with E-state index in [4.69, 9.17) is 14.2 Å². The molecule has 0 aliphatic carbocycles. The number of unbranched alkanes of at least 4 members (excludes halogenated alkanes) is 14. The molecule has 0 aliphatic heterocycles. The third-order valence-corrected chi connectivity index (χ3v) is 9.60. The second kappa shape index (κ2) is 47.0. The third-order valence-electron chi connectivity index (χ3n) is 9.60. The van der Waals surface area contributed by atoms with Crippen LogP contribution in [0.5, 0.6) is 0 Å². The van der Waals surface area contributed by atoms with Crippen LogP contribution in [0.2, 0.25) is 0 Å². The highest BCUT2D eigenvalue weighted by Gasteiger charge is 2.19. The van der Waals surface area contributed by atoms with Crippen LogP contribution >= 0.6 is 0 Å². The Kier molecular flexibility index (Phi) is 44.1. The number of rotatable bonds is 41. The van der Waals surface area contributed by atoms with E-state index in [0.717, 1.165) is 109 Å². The van der Waals surface area contributed by atoms with Crippen molar-refractivity contribution in [1.29, 1.82) is 0 Å². The molecule has 0 saturated carbocycles. The fraction of sp³-hybridized carbons (Fsp3) is 0.642. The fourth-order valence-corrected chi connectivity index (χ4v) is 6.09. The van der Waals surface area contributed by atoms with E-state index in [1.807, 2.05) is 12.2 Å². The molecule has 0 aromatic carbocycles. The monoisotopic (exact) mass is 819 g/mol. The summed E-state index contributed by atoms with van der Waals surface area (Å²) in [6, 6.07) is 0. The lowest BCUT2D eigenvalue weighted by molar-refractivity contribution is -0.166. The van der Waals surface area contributed by atoms with Gasteiger partial charge in [-0.25, -0.2) is 0 Å². The molecule has 0 amide bonds. The summed E-state index contributed by atoms with van der Waals surface area (Å²) in [5.41, 5.74) is 0. The smallest absolute Gasteiger partial charge is 0.306 e. The first-order valence-electron chi connectivity index (χ1n) is 23.7. The Morgan fingerprint density at radius 2 is 0.695 bits per heavy atom. The van der Waals surface area contributed by atoms with Crippen molar-refractivity contribution < 1.29 is 28.6 Å². The average Bonchev–Trinajstić information content (AvgIpc) is 3.23. The number of ether oxygens (including phenoxy) is 3. The molecule has 0 radical (unpaired) electrons. The molecule has 0 rings (SSSR count). The number of hydrogen-bond acceptors (Lipinski definition) is 6. The van der Waals surface area contributed by atoms with Gasteiger partial charge >= 0.3 is 17.9 Å². The zero-order valence-electron chi connectivity index (χ0n) is 38.0. The van der Waals surface area contributed by atoms with Crippen molar-refractivity contribution in [3.05, 3.63) is 97.2 Å². The molecule has 0 fully saturated rings. The molecule has 0 heterocycles. The minimum Gasteiger partial charge on any atom is -0.462 e. The lowest BCUT2D eigenvalue weighted by Gasteiger charge is -2.18. The average molecular weight is 819 g/mol. The van der Waals surface area contributed by atoms with Crippen molar-refractivity contribution in [1.82, 2.24) is 0 Å². The Morgan fingerprint density at radius 3 is 1.14 bits per heavy atom. The maximum Gasteiger partial charge on any atom is 0.306 e. The molecule has 59 heavy (non-hydrogen) atoms. The van der Waals surface area contributed by atoms with Crippen LogP contribution in [-0.4, -0.2) is 37.2 Å². The quantitative estimate of drug-likeness (QED) is 0.0265.